The fourth-order valence-corrected chi connectivity index (χ4v) is 2.08. The lowest BCUT2D eigenvalue weighted by Gasteiger charge is -2.27. The van der Waals surface area contributed by atoms with Gasteiger partial charge in [-0.05, 0) is 19.3 Å². The van der Waals surface area contributed by atoms with Crippen molar-refractivity contribution in [3.05, 3.63) is 0 Å². The van der Waals surface area contributed by atoms with Gasteiger partial charge in [0, 0.05) is 12.6 Å². The second kappa shape index (κ2) is 7.24. The van der Waals surface area contributed by atoms with Crippen LogP contribution in [0.25, 0.3) is 0 Å². The SMILES string of the molecule is CCCNC(=O)CNC1CCCCC1C#N. The Balaban J connectivity index is 2.25. The molecule has 1 saturated carbocycles. The fraction of sp³-hybridized carbons (Fsp3) is 0.833. The van der Waals surface area contributed by atoms with Crippen molar-refractivity contribution in [3.8, 4) is 6.07 Å². The molecule has 1 fully saturated rings. The maximum absolute atomic E-state index is 11.4. The zero-order chi connectivity index (χ0) is 11.8. The van der Waals surface area contributed by atoms with E-state index in [4.69, 9.17) is 5.26 Å². The lowest BCUT2D eigenvalue weighted by Crippen LogP contribution is -2.43. The van der Waals surface area contributed by atoms with Crippen molar-refractivity contribution in [2.24, 2.45) is 5.92 Å². The molecule has 0 aromatic carbocycles. The average Bonchev–Trinajstić information content (AvgIpc) is 2.34. The van der Waals surface area contributed by atoms with Gasteiger partial charge >= 0.3 is 0 Å². The minimum Gasteiger partial charge on any atom is -0.355 e. The van der Waals surface area contributed by atoms with Crippen molar-refractivity contribution in [1.82, 2.24) is 10.6 Å². The molecule has 90 valence electrons. The summed E-state index contributed by atoms with van der Waals surface area (Å²) in [5.74, 6) is 0.108. The highest BCUT2D eigenvalue weighted by Gasteiger charge is 2.24. The van der Waals surface area contributed by atoms with Gasteiger partial charge in [0.15, 0.2) is 0 Å². The maximum Gasteiger partial charge on any atom is 0.233 e. The Morgan fingerprint density at radius 1 is 1.44 bits per heavy atom. The number of hydrogen-bond donors (Lipinski definition) is 2. The van der Waals surface area contributed by atoms with E-state index in [1.165, 1.54) is 0 Å². The molecule has 16 heavy (non-hydrogen) atoms. The Morgan fingerprint density at radius 3 is 2.88 bits per heavy atom. The second-order valence-corrected chi connectivity index (χ2v) is 4.36. The summed E-state index contributed by atoms with van der Waals surface area (Å²) in [6.07, 6.45) is 5.23. The first-order valence-electron chi connectivity index (χ1n) is 6.17. The summed E-state index contributed by atoms with van der Waals surface area (Å²) in [5, 5.41) is 15.0. The van der Waals surface area contributed by atoms with E-state index in [-0.39, 0.29) is 17.9 Å². The number of hydrogen-bond acceptors (Lipinski definition) is 3. The smallest absolute Gasteiger partial charge is 0.233 e. The molecule has 2 unspecified atom stereocenters. The number of carbonyl (C=O) groups excluding carboxylic acids is 1. The van der Waals surface area contributed by atoms with Crippen LogP contribution in [0.4, 0.5) is 0 Å². The number of nitriles is 1. The molecule has 0 saturated heterocycles. The van der Waals surface area contributed by atoms with Crippen LogP contribution in [0, 0.1) is 17.2 Å². The average molecular weight is 223 g/mol. The molecule has 0 heterocycles. The van der Waals surface area contributed by atoms with Crippen LogP contribution in [0.3, 0.4) is 0 Å². The summed E-state index contributed by atoms with van der Waals surface area (Å²) in [7, 11) is 0. The predicted octanol–water partition coefficient (Wildman–Crippen LogP) is 1.18. The van der Waals surface area contributed by atoms with Gasteiger partial charge < -0.3 is 10.6 Å². The van der Waals surface area contributed by atoms with Crippen LogP contribution >= 0.6 is 0 Å². The van der Waals surface area contributed by atoms with Crippen molar-refractivity contribution in [2.45, 2.75) is 45.1 Å². The lowest BCUT2D eigenvalue weighted by atomic mass is 9.85. The van der Waals surface area contributed by atoms with Gasteiger partial charge in [0.05, 0.1) is 18.5 Å². The maximum atomic E-state index is 11.4. The Labute approximate surface area is 97.4 Å². The summed E-state index contributed by atoms with van der Waals surface area (Å²) in [5.41, 5.74) is 0. The molecule has 0 aromatic rings. The largest absolute Gasteiger partial charge is 0.355 e. The molecule has 0 bridgehead atoms. The van der Waals surface area contributed by atoms with Gasteiger partial charge in [0.2, 0.25) is 5.91 Å². The number of carbonyl (C=O) groups is 1. The molecule has 0 aromatic heterocycles. The van der Waals surface area contributed by atoms with Crippen molar-refractivity contribution in [3.63, 3.8) is 0 Å². The molecule has 1 aliphatic rings. The highest BCUT2D eigenvalue weighted by Crippen LogP contribution is 2.23. The molecule has 2 N–H and O–H groups in total. The molecule has 2 atom stereocenters. The van der Waals surface area contributed by atoms with Crippen LogP contribution in [0.1, 0.15) is 39.0 Å². The van der Waals surface area contributed by atoms with E-state index in [0.29, 0.717) is 6.54 Å². The zero-order valence-corrected chi connectivity index (χ0v) is 9.96. The van der Waals surface area contributed by atoms with E-state index in [0.717, 1.165) is 38.6 Å². The van der Waals surface area contributed by atoms with E-state index in [1.54, 1.807) is 0 Å². The number of nitrogens with one attached hydrogen (secondary N) is 2. The molecule has 4 nitrogen and oxygen atoms in total. The van der Waals surface area contributed by atoms with Gasteiger partial charge in [0.1, 0.15) is 0 Å². The summed E-state index contributed by atoms with van der Waals surface area (Å²) >= 11 is 0. The van der Waals surface area contributed by atoms with Gasteiger partial charge in [0.25, 0.3) is 0 Å². The van der Waals surface area contributed by atoms with E-state index in [2.05, 4.69) is 16.7 Å². The van der Waals surface area contributed by atoms with Crippen LogP contribution < -0.4 is 10.6 Å². The van der Waals surface area contributed by atoms with Crippen molar-refractivity contribution < 1.29 is 4.79 Å². The zero-order valence-electron chi connectivity index (χ0n) is 9.96. The van der Waals surface area contributed by atoms with Crippen LogP contribution in [0.15, 0.2) is 0 Å². The Kier molecular flexibility index (Phi) is 5.87. The summed E-state index contributed by atoms with van der Waals surface area (Å²) in [6, 6.07) is 2.53. The topological polar surface area (TPSA) is 64.9 Å². The molecule has 0 spiro atoms. The number of rotatable bonds is 5. The van der Waals surface area contributed by atoms with Gasteiger partial charge in [-0.1, -0.05) is 19.8 Å². The first-order valence-corrected chi connectivity index (χ1v) is 6.17. The normalized spacial score (nSPS) is 24.8. The van der Waals surface area contributed by atoms with Crippen molar-refractivity contribution >= 4 is 5.91 Å². The minimum absolute atomic E-state index is 0.0316. The standard InChI is InChI=1S/C12H21N3O/c1-2-7-14-12(16)9-15-11-6-4-3-5-10(11)8-13/h10-11,15H,2-7,9H2,1H3,(H,14,16). The molecular weight excluding hydrogens is 202 g/mol. The van der Waals surface area contributed by atoms with Crippen LogP contribution in [-0.2, 0) is 4.79 Å². The molecule has 1 rings (SSSR count). The molecule has 4 heteroatoms. The summed E-state index contributed by atoms with van der Waals surface area (Å²) in [6.45, 7) is 3.09. The first-order chi connectivity index (χ1) is 7.77. The first kappa shape index (κ1) is 13.0. The van der Waals surface area contributed by atoms with Crippen molar-refractivity contribution in [2.75, 3.05) is 13.1 Å². The van der Waals surface area contributed by atoms with Crippen LogP contribution in [0.5, 0.6) is 0 Å². The van der Waals surface area contributed by atoms with Crippen molar-refractivity contribution in [1.29, 1.82) is 5.26 Å². The third kappa shape index (κ3) is 4.19. The molecule has 1 aliphatic carbocycles. The van der Waals surface area contributed by atoms with E-state index < -0.39 is 0 Å². The second-order valence-electron chi connectivity index (χ2n) is 4.36. The summed E-state index contributed by atoms with van der Waals surface area (Å²) in [4.78, 5) is 11.4. The highest BCUT2D eigenvalue weighted by atomic mass is 16.1. The molecule has 0 aliphatic heterocycles. The lowest BCUT2D eigenvalue weighted by molar-refractivity contribution is -0.120. The Morgan fingerprint density at radius 2 is 2.19 bits per heavy atom. The predicted molar refractivity (Wildman–Crippen MR) is 62.7 cm³/mol. The van der Waals surface area contributed by atoms with Gasteiger partial charge in [-0.3, -0.25) is 4.79 Å². The molecule has 0 radical (unpaired) electrons. The van der Waals surface area contributed by atoms with E-state index in [1.807, 2.05) is 6.92 Å². The third-order valence-corrected chi connectivity index (χ3v) is 3.03. The minimum atomic E-state index is 0.0316. The van der Waals surface area contributed by atoms with Gasteiger partial charge in [-0.15, -0.1) is 0 Å². The Hall–Kier alpha value is -1.08. The Bertz CT molecular complexity index is 259. The van der Waals surface area contributed by atoms with E-state index in [9.17, 15) is 4.79 Å². The molecule has 1 amide bonds. The van der Waals surface area contributed by atoms with Gasteiger partial charge in [-0.25, -0.2) is 0 Å². The number of amides is 1. The fourth-order valence-electron chi connectivity index (χ4n) is 2.08. The van der Waals surface area contributed by atoms with Gasteiger partial charge in [-0.2, -0.15) is 5.26 Å². The third-order valence-electron chi connectivity index (χ3n) is 3.03. The quantitative estimate of drug-likeness (QED) is 0.735. The molecular formula is C12H21N3O. The highest BCUT2D eigenvalue weighted by molar-refractivity contribution is 5.77. The monoisotopic (exact) mass is 223 g/mol. The summed E-state index contributed by atoms with van der Waals surface area (Å²) < 4.78 is 0. The van der Waals surface area contributed by atoms with Crippen LogP contribution in [-0.4, -0.2) is 25.0 Å². The van der Waals surface area contributed by atoms with E-state index >= 15 is 0 Å². The number of nitrogens with zero attached hydrogens (tertiary/aromatic N) is 1. The van der Waals surface area contributed by atoms with Crippen LogP contribution in [0.2, 0.25) is 0 Å².